The Labute approximate surface area is 597 Å². The topological polar surface area (TPSA) is 39.4 Å². The third-order valence-corrected chi connectivity index (χ3v) is 20.1. The van der Waals surface area contributed by atoms with Crippen LogP contribution in [0.5, 0.6) is 0 Å². The summed E-state index contributed by atoms with van der Waals surface area (Å²) in [5, 5.41) is 6.96. The van der Waals surface area contributed by atoms with Crippen LogP contribution in [0.3, 0.4) is 0 Å². The van der Waals surface area contributed by atoms with Crippen LogP contribution in [0.25, 0.3) is 166 Å². The number of benzene rings is 15. The summed E-state index contributed by atoms with van der Waals surface area (Å²) < 4.78 is 18.4. The van der Waals surface area contributed by atoms with Gasteiger partial charge in [0.2, 0.25) is 0 Å². The summed E-state index contributed by atoms with van der Waals surface area (Å²) >= 11 is 0. The zero-order valence-corrected chi connectivity index (χ0v) is 58.4. The van der Waals surface area contributed by atoms with E-state index in [-0.39, 0.29) is 0 Å². The van der Waals surface area contributed by atoms with Crippen LogP contribution < -0.4 is 0 Å². The van der Waals surface area contributed by atoms with Gasteiger partial charge in [-0.1, -0.05) is 321 Å². The first-order valence-corrected chi connectivity index (χ1v) is 35.6. The summed E-state index contributed by atoms with van der Waals surface area (Å²) in [6.07, 6.45) is 0. The largest absolute Gasteiger partial charge is 0.456 e. The van der Waals surface area contributed by atoms with Crippen molar-refractivity contribution in [2.45, 2.75) is 59.3 Å². The molecule has 102 heavy (non-hydrogen) atoms. The van der Waals surface area contributed by atoms with E-state index in [0.717, 1.165) is 82.5 Å². The van der Waals surface area contributed by atoms with Crippen molar-refractivity contribution in [1.82, 2.24) is 0 Å². The Bertz CT molecular complexity index is 6000. The summed E-state index contributed by atoms with van der Waals surface area (Å²) in [5.41, 5.74) is 31.5. The number of para-hydroxylation sites is 4. The molecule has 15 aromatic carbocycles. The molecular weight excluding hydrogens is 1240 g/mol. The van der Waals surface area contributed by atoms with E-state index in [2.05, 4.69) is 351 Å². The van der Waals surface area contributed by atoms with Crippen LogP contribution >= 0.6 is 0 Å². The molecule has 18 rings (SSSR count). The van der Waals surface area contributed by atoms with E-state index in [4.69, 9.17) is 13.3 Å². The zero-order valence-electron chi connectivity index (χ0n) is 58.4. The molecule has 18 aromatic rings. The molecule has 0 spiro atoms. The van der Waals surface area contributed by atoms with Crippen LogP contribution in [0.4, 0.5) is 0 Å². The average molecular weight is 1320 g/mol. The van der Waals surface area contributed by atoms with E-state index in [1.807, 2.05) is 36.4 Å². The molecule has 0 saturated carbocycles. The molecular formula is C99H78O3. The number of furan rings is 3. The monoisotopic (exact) mass is 1310 g/mol. The van der Waals surface area contributed by atoms with Crippen LogP contribution in [0.15, 0.2) is 359 Å². The maximum atomic E-state index is 6.27. The molecule has 0 saturated heterocycles. The first-order chi connectivity index (χ1) is 50.0. The van der Waals surface area contributed by atoms with Gasteiger partial charge in [-0.3, -0.25) is 0 Å². The molecule has 0 aliphatic rings. The standard InChI is InChI=1S/3C33H26O/c1-22(2)23-13-15-24(16-14-23)25-7-5-8-26(19-25)27-9-6-10-28(20-27)29-17-18-33-31(21-29)30-11-3-4-12-32(30)34-33;1-22(2)23-13-15-24(16-14-23)25-17-19-26(20-18-25)27-7-5-8-28(21-27)29-10-6-11-31-30-9-3-4-12-32(30)34-33(29)31;1-22(2)23-10-12-24(13-11-23)25-14-16-26(17-15-25)27-6-5-7-28(20-27)29-18-19-31-30-8-3-4-9-32(30)34-33(31)21-29/h3*3-22H,1-2H3. The Morgan fingerprint density at radius 1 is 0.167 bits per heavy atom. The Morgan fingerprint density at radius 2 is 0.431 bits per heavy atom. The van der Waals surface area contributed by atoms with E-state index in [1.54, 1.807) is 0 Å². The molecule has 3 aromatic heterocycles. The molecule has 0 amide bonds. The second kappa shape index (κ2) is 28.1. The van der Waals surface area contributed by atoms with Crippen LogP contribution in [0, 0.1) is 0 Å². The Kier molecular flexibility index (Phi) is 17.8. The fourth-order valence-electron chi connectivity index (χ4n) is 14.2. The minimum Gasteiger partial charge on any atom is -0.456 e. The van der Waals surface area contributed by atoms with Crippen molar-refractivity contribution in [2.75, 3.05) is 0 Å². The van der Waals surface area contributed by atoms with Gasteiger partial charge >= 0.3 is 0 Å². The SMILES string of the molecule is CC(C)c1ccc(-c2ccc(-c3cccc(-c4ccc5c(c4)oc4ccccc45)c3)cc2)cc1.CC(C)c1ccc(-c2ccc(-c3cccc(-c4cccc5c4oc4ccccc45)c3)cc2)cc1.CC(C)c1ccc(-c2cccc(-c3cccc(-c4ccc5oc6ccccc6c5c4)c3)c2)cc1. The highest BCUT2D eigenvalue weighted by Gasteiger charge is 2.16. The maximum Gasteiger partial charge on any atom is 0.143 e. The van der Waals surface area contributed by atoms with Crippen LogP contribution in [-0.2, 0) is 0 Å². The molecule has 0 radical (unpaired) electrons. The van der Waals surface area contributed by atoms with Crippen molar-refractivity contribution < 1.29 is 13.3 Å². The van der Waals surface area contributed by atoms with Gasteiger partial charge in [0.05, 0.1) is 0 Å². The fourth-order valence-corrected chi connectivity index (χ4v) is 14.2. The fraction of sp³-hybridized carbons (Fsp3) is 0.0909. The van der Waals surface area contributed by atoms with E-state index in [0.29, 0.717) is 17.8 Å². The first kappa shape index (κ1) is 64.4. The number of hydrogen-bond donors (Lipinski definition) is 0. The van der Waals surface area contributed by atoms with E-state index in [1.165, 1.54) is 100 Å². The molecule has 0 aliphatic carbocycles. The lowest BCUT2D eigenvalue weighted by Gasteiger charge is -2.10. The molecule has 3 heteroatoms. The predicted molar refractivity (Wildman–Crippen MR) is 432 cm³/mol. The van der Waals surface area contributed by atoms with E-state index >= 15 is 0 Å². The summed E-state index contributed by atoms with van der Waals surface area (Å²) in [4.78, 5) is 0. The second-order valence-corrected chi connectivity index (χ2v) is 27.7. The van der Waals surface area contributed by atoms with Gasteiger partial charge in [-0.15, -0.1) is 0 Å². The van der Waals surface area contributed by atoms with Gasteiger partial charge < -0.3 is 13.3 Å². The highest BCUT2D eigenvalue weighted by molar-refractivity contribution is 6.10. The van der Waals surface area contributed by atoms with Crippen molar-refractivity contribution >= 4 is 65.8 Å². The van der Waals surface area contributed by atoms with Gasteiger partial charge in [0.25, 0.3) is 0 Å². The summed E-state index contributed by atoms with van der Waals surface area (Å²) in [6, 6.07) is 124. The van der Waals surface area contributed by atoms with Crippen molar-refractivity contribution in [2.24, 2.45) is 0 Å². The van der Waals surface area contributed by atoms with Crippen molar-refractivity contribution in [3.8, 4) is 100 Å². The molecule has 0 N–H and O–H groups in total. The van der Waals surface area contributed by atoms with Gasteiger partial charge in [0.15, 0.2) is 0 Å². The number of fused-ring (bicyclic) bond motifs is 9. The van der Waals surface area contributed by atoms with Crippen LogP contribution in [-0.4, -0.2) is 0 Å². The van der Waals surface area contributed by atoms with Crippen LogP contribution in [0.1, 0.15) is 76.0 Å². The number of rotatable bonds is 12. The van der Waals surface area contributed by atoms with Gasteiger partial charge in [-0.2, -0.15) is 0 Å². The lowest BCUT2D eigenvalue weighted by Crippen LogP contribution is -1.87. The van der Waals surface area contributed by atoms with Gasteiger partial charge in [-0.05, 0) is 196 Å². The highest BCUT2D eigenvalue weighted by Crippen LogP contribution is 2.40. The summed E-state index contributed by atoms with van der Waals surface area (Å²) in [6.45, 7) is 13.4. The predicted octanol–water partition coefficient (Wildman–Crippen LogP) is 29.1. The quantitative estimate of drug-likeness (QED) is 0.122. The first-order valence-electron chi connectivity index (χ1n) is 35.6. The summed E-state index contributed by atoms with van der Waals surface area (Å²) in [7, 11) is 0. The lowest BCUT2D eigenvalue weighted by molar-refractivity contribution is 0.668. The smallest absolute Gasteiger partial charge is 0.143 e. The third kappa shape index (κ3) is 13.3. The molecule has 3 nitrogen and oxygen atoms in total. The molecule has 0 fully saturated rings. The third-order valence-electron chi connectivity index (χ3n) is 20.1. The van der Waals surface area contributed by atoms with Crippen molar-refractivity contribution in [3.63, 3.8) is 0 Å². The van der Waals surface area contributed by atoms with E-state index in [9.17, 15) is 0 Å². The molecule has 0 aliphatic heterocycles. The van der Waals surface area contributed by atoms with Gasteiger partial charge in [0, 0.05) is 37.9 Å². The number of hydrogen-bond acceptors (Lipinski definition) is 3. The molecule has 0 atom stereocenters. The van der Waals surface area contributed by atoms with E-state index < -0.39 is 0 Å². The Hall–Kier alpha value is -12.3. The Morgan fingerprint density at radius 3 is 0.863 bits per heavy atom. The van der Waals surface area contributed by atoms with Gasteiger partial charge in [-0.25, -0.2) is 0 Å². The molecule has 3 heterocycles. The van der Waals surface area contributed by atoms with Crippen LogP contribution in [0.2, 0.25) is 0 Å². The normalized spacial score (nSPS) is 11.5. The summed E-state index contributed by atoms with van der Waals surface area (Å²) in [5.74, 6) is 1.65. The molecule has 492 valence electrons. The molecule has 0 bridgehead atoms. The minimum atomic E-state index is 0.544. The van der Waals surface area contributed by atoms with Crippen molar-refractivity contribution in [1.29, 1.82) is 0 Å². The second-order valence-electron chi connectivity index (χ2n) is 27.7. The van der Waals surface area contributed by atoms with Gasteiger partial charge in [0.1, 0.15) is 33.5 Å². The highest BCUT2D eigenvalue weighted by atomic mass is 16.3. The maximum absolute atomic E-state index is 6.27. The minimum absolute atomic E-state index is 0.544. The average Bonchev–Trinajstić information content (AvgIpc) is 1.61. The Balaban J connectivity index is 0.000000118. The zero-order chi connectivity index (χ0) is 69.2. The van der Waals surface area contributed by atoms with Crippen molar-refractivity contribution in [3.05, 3.63) is 362 Å². The lowest BCUT2D eigenvalue weighted by atomic mass is 9.94. The molecule has 0 unspecified atom stereocenters.